The van der Waals surface area contributed by atoms with E-state index in [-0.39, 0.29) is 12.4 Å². The van der Waals surface area contributed by atoms with Crippen LogP contribution in [0, 0.1) is 11.3 Å². The highest BCUT2D eigenvalue weighted by Crippen LogP contribution is 2.36. The highest BCUT2D eigenvalue weighted by molar-refractivity contribution is 5.85. The highest BCUT2D eigenvalue weighted by Gasteiger charge is 2.35. The predicted octanol–water partition coefficient (Wildman–Crippen LogP) is 5.77. The molecule has 33 heavy (non-hydrogen) atoms. The molecule has 0 bridgehead atoms. The van der Waals surface area contributed by atoms with Crippen LogP contribution in [0.3, 0.4) is 0 Å². The summed E-state index contributed by atoms with van der Waals surface area (Å²) < 4.78 is 0. The first kappa shape index (κ1) is 25.0. The second-order valence-corrected chi connectivity index (χ2v) is 9.08. The van der Waals surface area contributed by atoms with Crippen LogP contribution >= 0.6 is 12.4 Å². The Morgan fingerprint density at radius 1 is 0.818 bits per heavy atom. The van der Waals surface area contributed by atoms with Crippen LogP contribution in [0.15, 0.2) is 91.0 Å². The van der Waals surface area contributed by atoms with Gasteiger partial charge in [0.15, 0.2) is 0 Å². The molecular weight excluding hydrogens is 428 g/mol. The molecular formula is C29H33ClN2O. The zero-order chi connectivity index (χ0) is 22.3. The van der Waals surface area contributed by atoms with Gasteiger partial charge in [-0.05, 0) is 48.9 Å². The normalized spacial score (nSPS) is 15.9. The van der Waals surface area contributed by atoms with Crippen LogP contribution in [-0.4, -0.2) is 35.2 Å². The molecule has 0 aromatic heterocycles. The number of nitriles is 1. The molecule has 1 fully saturated rings. The van der Waals surface area contributed by atoms with Crippen molar-refractivity contribution in [2.45, 2.75) is 43.1 Å². The van der Waals surface area contributed by atoms with Gasteiger partial charge in [0.2, 0.25) is 0 Å². The molecule has 1 N–H and O–H groups in total. The molecule has 0 spiro atoms. The first-order valence-electron chi connectivity index (χ1n) is 11.6. The maximum absolute atomic E-state index is 11.1. The van der Waals surface area contributed by atoms with Crippen LogP contribution in [0.25, 0.3) is 0 Å². The fourth-order valence-corrected chi connectivity index (χ4v) is 5.00. The van der Waals surface area contributed by atoms with E-state index >= 15 is 0 Å². The number of hydrogen-bond donors (Lipinski definition) is 1. The molecule has 0 atom stereocenters. The molecule has 4 heteroatoms. The molecule has 0 amide bonds. The van der Waals surface area contributed by atoms with E-state index in [1.165, 1.54) is 5.56 Å². The van der Waals surface area contributed by atoms with Crippen molar-refractivity contribution >= 4 is 12.4 Å². The topological polar surface area (TPSA) is 47.3 Å². The van der Waals surface area contributed by atoms with Gasteiger partial charge in [0.1, 0.15) is 5.41 Å². The summed E-state index contributed by atoms with van der Waals surface area (Å²) in [5, 5.41) is 21.4. The fourth-order valence-electron chi connectivity index (χ4n) is 5.00. The fraction of sp³-hybridized carbons (Fsp3) is 0.345. The van der Waals surface area contributed by atoms with Gasteiger partial charge in [-0.2, -0.15) is 5.26 Å². The van der Waals surface area contributed by atoms with Crippen molar-refractivity contribution < 1.29 is 5.11 Å². The summed E-state index contributed by atoms with van der Waals surface area (Å²) in [5.41, 5.74) is 2.08. The van der Waals surface area contributed by atoms with E-state index in [0.717, 1.165) is 62.9 Å². The number of hydrogen-bond acceptors (Lipinski definition) is 3. The molecule has 3 nitrogen and oxygen atoms in total. The van der Waals surface area contributed by atoms with Gasteiger partial charge in [0.05, 0.1) is 11.7 Å². The van der Waals surface area contributed by atoms with Gasteiger partial charge in [-0.3, -0.25) is 0 Å². The number of piperidine rings is 1. The lowest BCUT2D eigenvalue weighted by Crippen LogP contribution is -2.46. The van der Waals surface area contributed by atoms with E-state index in [1.54, 1.807) is 0 Å². The number of nitrogens with zero attached hydrogens (tertiary/aromatic N) is 2. The van der Waals surface area contributed by atoms with E-state index in [2.05, 4.69) is 47.4 Å². The van der Waals surface area contributed by atoms with Gasteiger partial charge in [0, 0.05) is 19.5 Å². The predicted molar refractivity (Wildman–Crippen MR) is 137 cm³/mol. The molecule has 0 saturated carbocycles. The van der Waals surface area contributed by atoms with Crippen molar-refractivity contribution in [3.8, 4) is 6.07 Å². The first-order chi connectivity index (χ1) is 15.6. The third kappa shape index (κ3) is 6.03. The zero-order valence-electron chi connectivity index (χ0n) is 19.1. The van der Waals surface area contributed by atoms with Gasteiger partial charge >= 0.3 is 0 Å². The molecule has 0 radical (unpaired) electrons. The van der Waals surface area contributed by atoms with Crippen molar-refractivity contribution in [2.75, 3.05) is 19.6 Å². The Morgan fingerprint density at radius 2 is 1.30 bits per heavy atom. The van der Waals surface area contributed by atoms with Crippen LogP contribution in [0.4, 0.5) is 0 Å². The molecule has 3 aromatic rings. The number of aliphatic hydroxyl groups is 1. The van der Waals surface area contributed by atoms with E-state index in [0.29, 0.717) is 0 Å². The summed E-state index contributed by atoms with van der Waals surface area (Å²) in [4.78, 5) is 2.44. The third-order valence-electron chi connectivity index (χ3n) is 6.91. The van der Waals surface area contributed by atoms with Gasteiger partial charge in [-0.25, -0.2) is 0 Å². The minimum absolute atomic E-state index is 0. The van der Waals surface area contributed by atoms with Gasteiger partial charge < -0.3 is 10.0 Å². The molecule has 1 saturated heterocycles. The zero-order valence-corrected chi connectivity index (χ0v) is 19.9. The second-order valence-electron chi connectivity index (χ2n) is 9.08. The van der Waals surface area contributed by atoms with Crippen molar-refractivity contribution in [1.82, 2.24) is 4.90 Å². The Labute approximate surface area is 204 Å². The minimum Gasteiger partial charge on any atom is -0.389 e. The highest BCUT2D eigenvalue weighted by atomic mass is 35.5. The molecule has 0 unspecified atom stereocenters. The quantitative estimate of drug-likeness (QED) is 0.464. The summed E-state index contributed by atoms with van der Waals surface area (Å²) >= 11 is 0. The van der Waals surface area contributed by atoms with Gasteiger partial charge in [-0.15, -0.1) is 12.4 Å². The smallest absolute Gasteiger partial charge is 0.107 e. The van der Waals surface area contributed by atoms with E-state index in [4.69, 9.17) is 0 Å². The van der Waals surface area contributed by atoms with Crippen LogP contribution in [0.5, 0.6) is 0 Å². The third-order valence-corrected chi connectivity index (χ3v) is 6.91. The average molecular weight is 461 g/mol. The Kier molecular flexibility index (Phi) is 8.69. The Hall–Kier alpha value is -2.64. The van der Waals surface area contributed by atoms with Gasteiger partial charge in [-0.1, -0.05) is 91.0 Å². The standard InChI is InChI=1S/C29H32N2O.ClH/c30-24-29(26-13-6-2-7-14-26,27-15-8-3-9-16-27)17-10-20-31-21-18-28(32,19-22-31)23-25-11-4-1-5-12-25;/h1-9,11-16,32H,10,17-23H2;1H. The van der Waals surface area contributed by atoms with E-state index < -0.39 is 11.0 Å². The van der Waals surface area contributed by atoms with Crippen molar-refractivity contribution in [3.63, 3.8) is 0 Å². The molecule has 1 aliphatic rings. The Balaban J connectivity index is 0.00000306. The van der Waals surface area contributed by atoms with Crippen LogP contribution < -0.4 is 0 Å². The lowest BCUT2D eigenvalue weighted by molar-refractivity contribution is -0.0209. The molecule has 1 aliphatic heterocycles. The summed E-state index contributed by atoms with van der Waals surface area (Å²) in [5.74, 6) is 0. The second kappa shape index (κ2) is 11.5. The number of halogens is 1. The van der Waals surface area contributed by atoms with Crippen molar-refractivity contribution in [1.29, 1.82) is 5.26 Å². The number of benzene rings is 3. The Morgan fingerprint density at radius 3 is 1.79 bits per heavy atom. The van der Waals surface area contributed by atoms with E-state index in [1.807, 2.05) is 54.6 Å². The largest absolute Gasteiger partial charge is 0.389 e. The molecule has 172 valence electrons. The molecule has 0 aliphatic carbocycles. The van der Waals surface area contributed by atoms with Crippen LogP contribution in [0.2, 0.25) is 0 Å². The van der Waals surface area contributed by atoms with Crippen LogP contribution in [-0.2, 0) is 11.8 Å². The SMILES string of the molecule is Cl.N#CC(CCCN1CCC(O)(Cc2ccccc2)CC1)(c1ccccc1)c1ccccc1. The average Bonchev–Trinajstić information content (AvgIpc) is 2.85. The minimum atomic E-state index is -0.633. The number of likely N-dealkylation sites (tertiary alicyclic amines) is 1. The summed E-state index contributed by atoms with van der Waals surface area (Å²) in [6.45, 7) is 2.75. The lowest BCUT2D eigenvalue weighted by atomic mass is 9.72. The Bertz CT molecular complexity index is 970. The summed E-state index contributed by atoms with van der Waals surface area (Å²) in [6, 6.07) is 33.3. The summed E-state index contributed by atoms with van der Waals surface area (Å²) in [7, 11) is 0. The summed E-state index contributed by atoms with van der Waals surface area (Å²) in [6.07, 6.45) is 4.03. The number of rotatable bonds is 8. The maximum Gasteiger partial charge on any atom is 0.107 e. The van der Waals surface area contributed by atoms with Crippen molar-refractivity contribution in [3.05, 3.63) is 108 Å². The molecule has 3 aromatic carbocycles. The van der Waals surface area contributed by atoms with Gasteiger partial charge in [0.25, 0.3) is 0 Å². The van der Waals surface area contributed by atoms with E-state index in [9.17, 15) is 10.4 Å². The van der Waals surface area contributed by atoms with Crippen LogP contribution in [0.1, 0.15) is 42.4 Å². The molecule has 4 rings (SSSR count). The lowest BCUT2D eigenvalue weighted by Gasteiger charge is -2.39. The van der Waals surface area contributed by atoms with Crippen molar-refractivity contribution in [2.24, 2.45) is 0 Å². The monoisotopic (exact) mass is 460 g/mol. The maximum atomic E-state index is 11.1. The first-order valence-corrected chi connectivity index (χ1v) is 11.6. The molecule has 1 heterocycles.